The molecule has 0 bridgehead atoms. The van der Waals surface area contributed by atoms with Crippen LogP contribution in [0.4, 0.5) is 5.82 Å². The highest BCUT2D eigenvalue weighted by molar-refractivity contribution is 6.33. The molecule has 162 valence electrons. The van der Waals surface area contributed by atoms with Gasteiger partial charge in [-0.3, -0.25) is 14.5 Å². The van der Waals surface area contributed by atoms with E-state index in [1.165, 1.54) is 13.2 Å². The van der Waals surface area contributed by atoms with E-state index in [-0.39, 0.29) is 52.8 Å². The Bertz CT molecular complexity index is 733. The highest BCUT2D eigenvalue weighted by Gasteiger charge is 2.34. The van der Waals surface area contributed by atoms with Crippen molar-refractivity contribution in [3.8, 4) is 5.88 Å². The number of carbonyl (C=O) groups excluding carboxylic acids is 1. The van der Waals surface area contributed by atoms with Crippen LogP contribution in [0.5, 0.6) is 5.88 Å². The molecule has 1 amide bonds. The number of halogens is 1. The summed E-state index contributed by atoms with van der Waals surface area (Å²) in [4.78, 5) is 29.9. The van der Waals surface area contributed by atoms with Crippen molar-refractivity contribution in [3.05, 3.63) is 16.7 Å². The van der Waals surface area contributed by atoms with Gasteiger partial charge in [0.1, 0.15) is 11.4 Å². The van der Waals surface area contributed by atoms with Crippen LogP contribution in [-0.2, 0) is 9.53 Å². The molecule has 1 fully saturated rings. The van der Waals surface area contributed by atoms with Crippen molar-refractivity contribution in [2.75, 3.05) is 33.0 Å². The third kappa shape index (κ3) is 5.94. The zero-order valence-electron chi connectivity index (χ0n) is 17.0. The van der Waals surface area contributed by atoms with Gasteiger partial charge in [-0.05, 0) is 25.3 Å². The van der Waals surface area contributed by atoms with Gasteiger partial charge in [-0.2, -0.15) is 4.98 Å². The van der Waals surface area contributed by atoms with E-state index >= 15 is 0 Å². The quantitative estimate of drug-likeness (QED) is 0.543. The predicted octanol–water partition coefficient (Wildman–Crippen LogP) is 1.79. The highest BCUT2D eigenvalue weighted by Crippen LogP contribution is 2.26. The number of nitrogen functional groups attached to an aromatic ring is 1. The summed E-state index contributed by atoms with van der Waals surface area (Å²) in [6, 6.07) is 1.40. The van der Waals surface area contributed by atoms with Crippen molar-refractivity contribution in [1.82, 2.24) is 15.2 Å². The lowest BCUT2D eigenvalue weighted by molar-refractivity contribution is -0.137. The Kier molecular flexibility index (Phi) is 8.48. The number of nitrogens with one attached hydrogen (secondary N) is 1. The Labute approximate surface area is 175 Å². The topological polar surface area (TPSA) is 127 Å². The minimum atomic E-state index is -0.793. The lowest BCUT2D eigenvalue weighted by atomic mass is 9.97. The first-order valence-electron chi connectivity index (χ1n) is 9.60. The number of hydrogen-bond donors (Lipinski definition) is 3. The van der Waals surface area contributed by atoms with E-state index in [2.05, 4.69) is 15.2 Å². The molecule has 1 aliphatic heterocycles. The Balaban J connectivity index is 2.06. The number of methoxy groups -OCH3 is 2. The largest absolute Gasteiger partial charge is 0.481 e. The van der Waals surface area contributed by atoms with Crippen molar-refractivity contribution in [2.45, 2.75) is 50.8 Å². The molecule has 3 atom stereocenters. The molecule has 0 aromatic carbocycles. The van der Waals surface area contributed by atoms with Crippen LogP contribution in [-0.4, -0.2) is 72.4 Å². The standard InChI is InChI=1S/C19H29ClN4O5/c1-4-11(5-6-16(25)26)24-8-7-14(15(10-24)28-2)22-18(27)12-9-13(20)17(21)23-19(12)29-3/h9,11,14-15H,4-8,10H2,1-3H3,(H2,21,23)(H,22,27)(H,25,26)/t11?,14-,15+/m1/s1. The second-order valence-corrected chi connectivity index (χ2v) is 7.45. The molecule has 29 heavy (non-hydrogen) atoms. The van der Waals surface area contributed by atoms with Crippen molar-refractivity contribution < 1.29 is 24.2 Å². The first-order valence-corrected chi connectivity index (χ1v) is 9.97. The number of carboxylic acids is 1. The first kappa shape index (κ1) is 23.2. The molecule has 1 unspecified atom stereocenters. The number of carbonyl (C=O) groups is 2. The van der Waals surface area contributed by atoms with Crippen molar-refractivity contribution >= 4 is 29.3 Å². The van der Waals surface area contributed by atoms with E-state index in [1.54, 1.807) is 7.11 Å². The smallest absolute Gasteiger partial charge is 0.303 e. The van der Waals surface area contributed by atoms with Gasteiger partial charge in [0.2, 0.25) is 5.88 Å². The number of nitrogens with two attached hydrogens (primary N) is 1. The van der Waals surface area contributed by atoms with Crippen LogP contribution in [0.1, 0.15) is 43.0 Å². The van der Waals surface area contributed by atoms with Gasteiger partial charge in [-0.25, -0.2) is 0 Å². The molecule has 2 rings (SSSR count). The number of carboxylic acid groups (broad SMARTS) is 1. The summed E-state index contributed by atoms with van der Waals surface area (Å²) >= 11 is 6.01. The summed E-state index contributed by atoms with van der Waals surface area (Å²) in [6.45, 7) is 3.39. The van der Waals surface area contributed by atoms with Crippen LogP contribution >= 0.6 is 11.6 Å². The predicted molar refractivity (Wildman–Crippen MR) is 109 cm³/mol. The minimum Gasteiger partial charge on any atom is -0.481 e. The van der Waals surface area contributed by atoms with Crippen molar-refractivity contribution in [2.24, 2.45) is 0 Å². The van der Waals surface area contributed by atoms with Gasteiger partial charge >= 0.3 is 5.97 Å². The van der Waals surface area contributed by atoms with E-state index < -0.39 is 5.97 Å². The van der Waals surface area contributed by atoms with E-state index in [4.69, 9.17) is 31.9 Å². The number of aromatic nitrogens is 1. The summed E-state index contributed by atoms with van der Waals surface area (Å²) in [7, 11) is 3.01. The van der Waals surface area contributed by atoms with Gasteiger partial charge in [0.25, 0.3) is 5.91 Å². The molecule has 1 aromatic rings. The maximum absolute atomic E-state index is 12.8. The second kappa shape index (κ2) is 10.6. The number of nitrogens with zero attached hydrogens (tertiary/aromatic N) is 2. The number of aliphatic carboxylic acids is 1. The summed E-state index contributed by atoms with van der Waals surface area (Å²) in [6.07, 6.45) is 2.03. The Hall–Kier alpha value is -2.10. The fraction of sp³-hybridized carbons (Fsp3) is 0.632. The fourth-order valence-electron chi connectivity index (χ4n) is 3.66. The molecule has 9 nitrogen and oxygen atoms in total. The van der Waals surface area contributed by atoms with Gasteiger partial charge < -0.3 is 25.6 Å². The van der Waals surface area contributed by atoms with Gasteiger partial charge in [0, 0.05) is 32.7 Å². The number of anilines is 1. The Morgan fingerprint density at radius 3 is 2.79 bits per heavy atom. The number of amides is 1. The molecule has 10 heteroatoms. The number of piperidine rings is 1. The summed E-state index contributed by atoms with van der Waals surface area (Å²) in [5.41, 5.74) is 5.88. The van der Waals surface area contributed by atoms with Crippen LogP contribution in [0.15, 0.2) is 6.07 Å². The summed E-state index contributed by atoms with van der Waals surface area (Å²) in [5.74, 6) is -0.959. The normalized spacial score (nSPS) is 20.8. The molecule has 2 heterocycles. The monoisotopic (exact) mass is 428 g/mol. The Morgan fingerprint density at radius 2 is 2.21 bits per heavy atom. The molecule has 1 saturated heterocycles. The van der Waals surface area contributed by atoms with Crippen LogP contribution in [0.2, 0.25) is 5.02 Å². The number of ether oxygens (including phenoxy) is 2. The number of hydrogen-bond acceptors (Lipinski definition) is 7. The maximum atomic E-state index is 12.8. The fourth-order valence-corrected chi connectivity index (χ4v) is 3.81. The van der Waals surface area contributed by atoms with Crippen molar-refractivity contribution in [1.29, 1.82) is 0 Å². The maximum Gasteiger partial charge on any atom is 0.303 e. The average molecular weight is 429 g/mol. The zero-order valence-corrected chi connectivity index (χ0v) is 17.7. The molecule has 0 spiro atoms. The van der Waals surface area contributed by atoms with E-state index in [1.807, 2.05) is 6.92 Å². The first-order chi connectivity index (χ1) is 13.8. The molecule has 0 saturated carbocycles. The van der Waals surface area contributed by atoms with Crippen LogP contribution in [0.3, 0.4) is 0 Å². The summed E-state index contributed by atoms with van der Waals surface area (Å²) in [5, 5.41) is 12.1. The minimum absolute atomic E-state index is 0.0927. The van der Waals surface area contributed by atoms with Gasteiger partial charge in [0.15, 0.2) is 0 Å². The number of pyridine rings is 1. The molecule has 1 aromatic heterocycles. The number of likely N-dealkylation sites (tertiary alicyclic amines) is 1. The second-order valence-electron chi connectivity index (χ2n) is 7.04. The average Bonchev–Trinajstić information content (AvgIpc) is 2.70. The zero-order chi connectivity index (χ0) is 21.6. The van der Waals surface area contributed by atoms with Crippen LogP contribution < -0.4 is 15.8 Å². The molecular weight excluding hydrogens is 400 g/mol. The van der Waals surface area contributed by atoms with E-state index in [0.29, 0.717) is 19.4 Å². The molecule has 1 aliphatic rings. The van der Waals surface area contributed by atoms with Gasteiger partial charge in [0.05, 0.1) is 24.3 Å². The highest BCUT2D eigenvalue weighted by atomic mass is 35.5. The molecule has 4 N–H and O–H groups in total. The third-order valence-corrected chi connectivity index (χ3v) is 5.60. The lowest BCUT2D eigenvalue weighted by Crippen LogP contribution is -2.56. The number of rotatable bonds is 9. The third-order valence-electron chi connectivity index (χ3n) is 5.30. The molecule has 0 radical (unpaired) electrons. The van der Waals surface area contributed by atoms with Gasteiger partial charge in [-0.15, -0.1) is 0 Å². The van der Waals surface area contributed by atoms with Crippen LogP contribution in [0, 0.1) is 0 Å². The van der Waals surface area contributed by atoms with E-state index in [0.717, 1.165) is 13.0 Å². The molecule has 0 aliphatic carbocycles. The van der Waals surface area contributed by atoms with E-state index in [9.17, 15) is 9.59 Å². The van der Waals surface area contributed by atoms with Crippen molar-refractivity contribution in [3.63, 3.8) is 0 Å². The molecular formula is C19H29ClN4O5. The summed E-state index contributed by atoms with van der Waals surface area (Å²) < 4.78 is 10.8. The van der Waals surface area contributed by atoms with Crippen LogP contribution in [0.25, 0.3) is 0 Å². The Morgan fingerprint density at radius 1 is 1.48 bits per heavy atom. The SMILES string of the molecule is CCC(CCC(=O)O)N1CC[C@@H](NC(=O)c2cc(Cl)c(N)nc2OC)[C@@H](OC)C1. The lowest BCUT2D eigenvalue weighted by Gasteiger charge is -2.41. The van der Waals surface area contributed by atoms with Gasteiger partial charge in [-0.1, -0.05) is 18.5 Å².